The van der Waals surface area contributed by atoms with Crippen molar-refractivity contribution in [3.63, 3.8) is 0 Å². The SMILES string of the molecule is COCC(C)OCC(O)CN(CCC(C)C)C1CCCC1. The maximum absolute atomic E-state index is 10.3. The fourth-order valence-corrected chi connectivity index (χ4v) is 3.00. The summed E-state index contributed by atoms with van der Waals surface area (Å²) < 4.78 is 10.7. The van der Waals surface area contributed by atoms with Gasteiger partial charge in [0, 0.05) is 19.7 Å². The molecule has 126 valence electrons. The van der Waals surface area contributed by atoms with Crippen molar-refractivity contribution < 1.29 is 14.6 Å². The third-order valence-corrected chi connectivity index (χ3v) is 4.25. The average Bonchev–Trinajstić information content (AvgIpc) is 2.95. The Balaban J connectivity index is 2.35. The van der Waals surface area contributed by atoms with Crippen LogP contribution in [-0.4, -0.2) is 61.7 Å². The number of hydrogen-bond acceptors (Lipinski definition) is 4. The highest BCUT2D eigenvalue weighted by atomic mass is 16.5. The predicted molar refractivity (Wildman–Crippen MR) is 86.6 cm³/mol. The molecule has 1 rings (SSSR count). The zero-order valence-electron chi connectivity index (χ0n) is 14.4. The van der Waals surface area contributed by atoms with Crippen LogP contribution in [0.4, 0.5) is 0 Å². The van der Waals surface area contributed by atoms with E-state index in [2.05, 4.69) is 18.7 Å². The summed E-state index contributed by atoms with van der Waals surface area (Å²) >= 11 is 0. The molecule has 1 aliphatic rings. The van der Waals surface area contributed by atoms with E-state index in [4.69, 9.17) is 9.47 Å². The fraction of sp³-hybridized carbons (Fsp3) is 1.00. The quantitative estimate of drug-likeness (QED) is 0.637. The van der Waals surface area contributed by atoms with Gasteiger partial charge in [0.05, 0.1) is 25.4 Å². The molecular weight excluding hydrogens is 266 g/mol. The van der Waals surface area contributed by atoms with Crippen LogP contribution in [0.2, 0.25) is 0 Å². The minimum Gasteiger partial charge on any atom is -0.389 e. The molecule has 0 amide bonds. The van der Waals surface area contributed by atoms with Gasteiger partial charge in [0.15, 0.2) is 0 Å². The molecule has 1 fully saturated rings. The van der Waals surface area contributed by atoms with Crippen LogP contribution in [0.1, 0.15) is 52.9 Å². The topological polar surface area (TPSA) is 41.9 Å². The minimum absolute atomic E-state index is 0.0419. The molecule has 0 aromatic carbocycles. The molecular formula is C17H35NO3. The summed E-state index contributed by atoms with van der Waals surface area (Å²) in [6.07, 6.45) is 6.07. The minimum atomic E-state index is -0.405. The summed E-state index contributed by atoms with van der Waals surface area (Å²) in [7, 11) is 1.67. The van der Waals surface area contributed by atoms with Crippen LogP contribution in [0.3, 0.4) is 0 Å². The summed E-state index contributed by atoms with van der Waals surface area (Å²) in [6.45, 7) is 9.30. The number of nitrogens with zero attached hydrogens (tertiary/aromatic N) is 1. The maximum Gasteiger partial charge on any atom is 0.0900 e. The largest absolute Gasteiger partial charge is 0.389 e. The van der Waals surface area contributed by atoms with Crippen LogP contribution in [0, 0.1) is 5.92 Å². The predicted octanol–water partition coefficient (Wildman–Crippen LogP) is 2.69. The first-order valence-corrected chi connectivity index (χ1v) is 8.55. The number of aliphatic hydroxyl groups excluding tert-OH is 1. The van der Waals surface area contributed by atoms with E-state index in [0.29, 0.717) is 25.2 Å². The Morgan fingerprint density at radius 1 is 1.14 bits per heavy atom. The van der Waals surface area contributed by atoms with Gasteiger partial charge in [0.1, 0.15) is 0 Å². The highest BCUT2D eigenvalue weighted by Crippen LogP contribution is 2.24. The molecule has 2 unspecified atom stereocenters. The van der Waals surface area contributed by atoms with Crippen LogP contribution < -0.4 is 0 Å². The Kier molecular flexibility index (Phi) is 9.49. The van der Waals surface area contributed by atoms with Gasteiger partial charge in [0.2, 0.25) is 0 Å². The number of methoxy groups -OCH3 is 1. The molecule has 4 heteroatoms. The molecule has 4 nitrogen and oxygen atoms in total. The first kappa shape index (κ1) is 18.9. The molecule has 0 aromatic heterocycles. The molecule has 0 aromatic rings. The molecule has 1 saturated carbocycles. The zero-order chi connectivity index (χ0) is 15.7. The van der Waals surface area contributed by atoms with E-state index in [1.807, 2.05) is 6.92 Å². The molecule has 21 heavy (non-hydrogen) atoms. The van der Waals surface area contributed by atoms with Crippen LogP contribution in [0.25, 0.3) is 0 Å². The Labute approximate surface area is 130 Å². The Morgan fingerprint density at radius 2 is 1.81 bits per heavy atom. The number of hydrogen-bond donors (Lipinski definition) is 1. The van der Waals surface area contributed by atoms with Crippen LogP contribution in [0.5, 0.6) is 0 Å². The molecule has 0 saturated heterocycles. The third kappa shape index (κ3) is 8.15. The lowest BCUT2D eigenvalue weighted by atomic mass is 10.1. The Hall–Kier alpha value is -0.160. The zero-order valence-corrected chi connectivity index (χ0v) is 14.4. The first-order chi connectivity index (χ1) is 10.0. The van der Waals surface area contributed by atoms with Crippen LogP contribution >= 0.6 is 0 Å². The highest BCUT2D eigenvalue weighted by Gasteiger charge is 2.24. The molecule has 0 radical (unpaired) electrons. The lowest BCUT2D eigenvalue weighted by molar-refractivity contribution is -0.0430. The van der Waals surface area contributed by atoms with Gasteiger partial charge in [-0.05, 0) is 38.6 Å². The van der Waals surface area contributed by atoms with E-state index in [1.54, 1.807) is 7.11 Å². The van der Waals surface area contributed by atoms with Gasteiger partial charge in [-0.2, -0.15) is 0 Å². The van der Waals surface area contributed by atoms with Crippen LogP contribution in [0.15, 0.2) is 0 Å². The normalized spacial score (nSPS) is 19.6. The van der Waals surface area contributed by atoms with Crippen molar-refractivity contribution in [3.05, 3.63) is 0 Å². The van der Waals surface area contributed by atoms with Gasteiger partial charge in [-0.1, -0.05) is 26.7 Å². The van der Waals surface area contributed by atoms with E-state index in [1.165, 1.54) is 32.1 Å². The van der Waals surface area contributed by atoms with Crippen molar-refractivity contribution in [1.82, 2.24) is 4.90 Å². The van der Waals surface area contributed by atoms with Crippen molar-refractivity contribution in [3.8, 4) is 0 Å². The summed E-state index contributed by atoms with van der Waals surface area (Å²) in [5.74, 6) is 0.712. The van der Waals surface area contributed by atoms with Gasteiger partial charge in [0.25, 0.3) is 0 Å². The van der Waals surface area contributed by atoms with E-state index in [-0.39, 0.29) is 6.10 Å². The summed E-state index contributed by atoms with van der Waals surface area (Å²) in [5.41, 5.74) is 0. The third-order valence-electron chi connectivity index (χ3n) is 4.25. The lowest BCUT2D eigenvalue weighted by Crippen LogP contribution is -2.42. The smallest absolute Gasteiger partial charge is 0.0900 e. The monoisotopic (exact) mass is 301 g/mol. The summed E-state index contributed by atoms with van der Waals surface area (Å²) in [4.78, 5) is 2.49. The average molecular weight is 301 g/mol. The van der Waals surface area contributed by atoms with E-state index in [0.717, 1.165) is 13.1 Å². The number of aliphatic hydroxyl groups is 1. The van der Waals surface area contributed by atoms with Gasteiger partial charge < -0.3 is 14.6 Å². The van der Waals surface area contributed by atoms with Crippen molar-refractivity contribution in [2.45, 2.75) is 71.1 Å². The van der Waals surface area contributed by atoms with Gasteiger partial charge in [-0.25, -0.2) is 0 Å². The van der Waals surface area contributed by atoms with Crippen molar-refractivity contribution in [1.29, 1.82) is 0 Å². The Bertz CT molecular complexity index is 254. The molecule has 0 aliphatic heterocycles. The van der Waals surface area contributed by atoms with Gasteiger partial charge >= 0.3 is 0 Å². The summed E-state index contributed by atoms with van der Waals surface area (Å²) in [5, 5.41) is 10.3. The summed E-state index contributed by atoms with van der Waals surface area (Å²) in [6, 6.07) is 0.662. The lowest BCUT2D eigenvalue weighted by Gasteiger charge is -2.31. The second kappa shape index (κ2) is 10.5. The second-order valence-corrected chi connectivity index (χ2v) is 6.87. The standard InChI is InChI=1S/C17H35NO3/c1-14(2)9-10-18(16-7-5-6-8-16)11-17(19)13-21-15(3)12-20-4/h14-17,19H,5-13H2,1-4H3. The van der Waals surface area contributed by atoms with E-state index in [9.17, 15) is 5.11 Å². The number of ether oxygens (including phenoxy) is 2. The van der Waals surface area contributed by atoms with Crippen molar-refractivity contribution >= 4 is 0 Å². The highest BCUT2D eigenvalue weighted by molar-refractivity contribution is 4.79. The fourth-order valence-electron chi connectivity index (χ4n) is 3.00. The van der Waals surface area contributed by atoms with Crippen molar-refractivity contribution in [2.75, 3.05) is 33.4 Å². The van der Waals surface area contributed by atoms with E-state index < -0.39 is 6.10 Å². The second-order valence-electron chi connectivity index (χ2n) is 6.87. The molecule has 0 spiro atoms. The molecule has 0 heterocycles. The molecule has 1 N–H and O–H groups in total. The first-order valence-electron chi connectivity index (χ1n) is 8.55. The van der Waals surface area contributed by atoms with E-state index >= 15 is 0 Å². The van der Waals surface area contributed by atoms with Crippen LogP contribution in [-0.2, 0) is 9.47 Å². The molecule has 0 bridgehead atoms. The van der Waals surface area contributed by atoms with Crippen molar-refractivity contribution in [2.24, 2.45) is 5.92 Å². The van der Waals surface area contributed by atoms with Gasteiger partial charge in [-0.3, -0.25) is 4.90 Å². The molecule has 1 aliphatic carbocycles. The molecule has 2 atom stereocenters. The van der Waals surface area contributed by atoms with Gasteiger partial charge in [-0.15, -0.1) is 0 Å². The Morgan fingerprint density at radius 3 is 2.38 bits per heavy atom. The maximum atomic E-state index is 10.3. The number of rotatable bonds is 11.